The van der Waals surface area contributed by atoms with Gasteiger partial charge in [0.05, 0.1) is 23.5 Å². The van der Waals surface area contributed by atoms with Gasteiger partial charge in [0, 0.05) is 19.8 Å². The first-order valence-corrected chi connectivity index (χ1v) is 7.27. The summed E-state index contributed by atoms with van der Waals surface area (Å²) >= 11 is 0. The highest BCUT2D eigenvalue weighted by molar-refractivity contribution is 5.11. The van der Waals surface area contributed by atoms with Crippen molar-refractivity contribution in [3.8, 4) is 0 Å². The highest BCUT2D eigenvalue weighted by Crippen LogP contribution is 2.40. The maximum absolute atomic E-state index is 12.9. The lowest BCUT2D eigenvalue weighted by molar-refractivity contribution is -0.149. The van der Waals surface area contributed by atoms with Gasteiger partial charge in [-0.1, -0.05) is 0 Å². The number of halogens is 1. The molecule has 5 heteroatoms. The van der Waals surface area contributed by atoms with E-state index >= 15 is 0 Å². The quantitative estimate of drug-likeness (QED) is 0.902. The molecule has 2 aliphatic rings. The third kappa shape index (κ3) is 2.85. The predicted octanol–water partition coefficient (Wildman–Crippen LogP) is 2.20. The van der Waals surface area contributed by atoms with Gasteiger partial charge in [-0.3, -0.25) is 4.98 Å². The number of hydrogen-bond acceptors (Lipinski definition) is 4. The third-order valence-corrected chi connectivity index (χ3v) is 4.53. The van der Waals surface area contributed by atoms with E-state index in [9.17, 15) is 4.39 Å². The van der Waals surface area contributed by atoms with Gasteiger partial charge in [-0.25, -0.2) is 4.39 Å². The molecule has 4 nitrogen and oxygen atoms in total. The molecule has 2 saturated heterocycles. The van der Waals surface area contributed by atoms with Gasteiger partial charge in [0.1, 0.15) is 5.82 Å². The predicted molar refractivity (Wildman–Crippen MR) is 72.6 cm³/mol. The molecule has 0 aliphatic carbocycles. The van der Waals surface area contributed by atoms with Gasteiger partial charge in [0.2, 0.25) is 0 Å². The molecule has 2 N–H and O–H groups in total. The summed E-state index contributed by atoms with van der Waals surface area (Å²) in [5.74, 6) is 0.00800. The van der Waals surface area contributed by atoms with Crippen LogP contribution in [-0.2, 0) is 9.47 Å². The Hall–Kier alpha value is -1.04. The van der Waals surface area contributed by atoms with Crippen LogP contribution in [0, 0.1) is 11.7 Å². The van der Waals surface area contributed by atoms with E-state index in [1.165, 1.54) is 12.3 Å². The van der Waals surface area contributed by atoms with Gasteiger partial charge in [0.25, 0.3) is 0 Å². The second kappa shape index (κ2) is 5.76. The van der Waals surface area contributed by atoms with Gasteiger partial charge in [-0.05, 0) is 43.7 Å². The number of ether oxygens (including phenoxy) is 2. The highest BCUT2D eigenvalue weighted by Gasteiger charge is 2.41. The average molecular weight is 280 g/mol. The van der Waals surface area contributed by atoms with E-state index in [1.54, 1.807) is 6.07 Å². The first-order chi connectivity index (χ1) is 9.69. The molecule has 0 radical (unpaired) electrons. The molecule has 20 heavy (non-hydrogen) atoms. The van der Waals surface area contributed by atoms with Crippen LogP contribution in [0.25, 0.3) is 0 Å². The Morgan fingerprint density at radius 1 is 1.30 bits per heavy atom. The standard InChI is InChI=1S/C15H21FN2O2/c16-12-1-2-13(18-10-12)14(17)11-3-6-20-15(9-11)4-7-19-8-5-15/h1-2,10-11,14H,3-9,17H2. The summed E-state index contributed by atoms with van der Waals surface area (Å²) in [6.45, 7) is 2.26. The molecule has 3 rings (SSSR count). The minimum atomic E-state index is -0.325. The Kier molecular flexibility index (Phi) is 4.01. The number of rotatable bonds is 2. The lowest BCUT2D eigenvalue weighted by Gasteiger charge is -2.44. The molecule has 1 spiro atoms. The van der Waals surface area contributed by atoms with E-state index in [-0.39, 0.29) is 17.5 Å². The first-order valence-electron chi connectivity index (χ1n) is 7.27. The molecule has 110 valence electrons. The molecule has 0 bridgehead atoms. The molecular weight excluding hydrogens is 259 g/mol. The van der Waals surface area contributed by atoms with Crippen LogP contribution in [0.4, 0.5) is 4.39 Å². The van der Waals surface area contributed by atoms with Crippen LogP contribution in [0.1, 0.15) is 37.4 Å². The molecular formula is C15H21FN2O2. The molecule has 2 unspecified atom stereocenters. The van der Waals surface area contributed by atoms with E-state index in [0.29, 0.717) is 5.92 Å². The third-order valence-electron chi connectivity index (χ3n) is 4.53. The van der Waals surface area contributed by atoms with Crippen LogP contribution < -0.4 is 5.73 Å². The summed E-state index contributed by atoms with van der Waals surface area (Å²) in [6, 6.07) is 2.96. The van der Waals surface area contributed by atoms with Crippen molar-refractivity contribution in [1.29, 1.82) is 0 Å². The minimum Gasteiger partial charge on any atom is -0.381 e. The van der Waals surface area contributed by atoms with Crippen LogP contribution in [0.5, 0.6) is 0 Å². The average Bonchev–Trinajstić information content (AvgIpc) is 2.48. The number of hydrogen-bond donors (Lipinski definition) is 1. The van der Waals surface area contributed by atoms with E-state index in [2.05, 4.69) is 4.98 Å². The lowest BCUT2D eigenvalue weighted by Crippen LogP contribution is -2.46. The summed E-state index contributed by atoms with van der Waals surface area (Å²) in [5.41, 5.74) is 7.03. The van der Waals surface area contributed by atoms with Crippen molar-refractivity contribution < 1.29 is 13.9 Å². The largest absolute Gasteiger partial charge is 0.381 e. The van der Waals surface area contributed by atoms with E-state index in [1.807, 2.05) is 0 Å². The van der Waals surface area contributed by atoms with Crippen LogP contribution in [0.3, 0.4) is 0 Å². The first kappa shape index (κ1) is 13.9. The topological polar surface area (TPSA) is 57.4 Å². The van der Waals surface area contributed by atoms with Crippen molar-refractivity contribution in [2.45, 2.75) is 37.3 Å². The molecule has 0 saturated carbocycles. The molecule has 1 aromatic heterocycles. The number of nitrogens with two attached hydrogens (primary N) is 1. The van der Waals surface area contributed by atoms with Gasteiger partial charge in [0.15, 0.2) is 0 Å². The van der Waals surface area contributed by atoms with Crippen molar-refractivity contribution in [3.63, 3.8) is 0 Å². The number of pyridine rings is 1. The zero-order valence-electron chi connectivity index (χ0n) is 11.6. The molecule has 2 atom stereocenters. The second-order valence-corrected chi connectivity index (χ2v) is 5.82. The van der Waals surface area contributed by atoms with Gasteiger partial charge >= 0.3 is 0 Å². The summed E-state index contributed by atoms with van der Waals surface area (Å²) in [6.07, 6.45) is 4.98. The monoisotopic (exact) mass is 280 g/mol. The van der Waals surface area contributed by atoms with Crippen LogP contribution >= 0.6 is 0 Å². The summed E-state index contributed by atoms with van der Waals surface area (Å²) in [5, 5.41) is 0. The van der Waals surface area contributed by atoms with Gasteiger partial charge in [-0.2, -0.15) is 0 Å². The minimum absolute atomic E-state index is 0.0706. The Bertz CT molecular complexity index is 440. The van der Waals surface area contributed by atoms with Gasteiger partial charge < -0.3 is 15.2 Å². The number of nitrogens with zero attached hydrogens (tertiary/aromatic N) is 1. The molecule has 0 aromatic carbocycles. The Morgan fingerprint density at radius 2 is 2.10 bits per heavy atom. The fourth-order valence-electron chi connectivity index (χ4n) is 3.29. The normalized spacial score (nSPS) is 27.4. The Morgan fingerprint density at radius 3 is 2.80 bits per heavy atom. The lowest BCUT2D eigenvalue weighted by atomic mass is 9.77. The summed E-state index contributed by atoms with van der Waals surface area (Å²) in [4.78, 5) is 4.12. The molecule has 1 aromatic rings. The van der Waals surface area contributed by atoms with Gasteiger partial charge in [-0.15, -0.1) is 0 Å². The highest BCUT2D eigenvalue weighted by atomic mass is 19.1. The number of aromatic nitrogens is 1. The molecule has 2 fully saturated rings. The summed E-state index contributed by atoms with van der Waals surface area (Å²) in [7, 11) is 0. The Balaban J connectivity index is 1.71. The molecule has 0 amide bonds. The van der Waals surface area contributed by atoms with Crippen molar-refractivity contribution in [3.05, 3.63) is 29.8 Å². The fraction of sp³-hybridized carbons (Fsp3) is 0.667. The van der Waals surface area contributed by atoms with E-state index in [4.69, 9.17) is 15.2 Å². The SMILES string of the molecule is NC(c1ccc(F)cn1)C1CCOC2(CCOCC2)C1. The smallest absolute Gasteiger partial charge is 0.141 e. The van der Waals surface area contributed by atoms with Crippen molar-refractivity contribution in [2.75, 3.05) is 19.8 Å². The van der Waals surface area contributed by atoms with Crippen molar-refractivity contribution in [2.24, 2.45) is 11.7 Å². The maximum Gasteiger partial charge on any atom is 0.141 e. The van der Waals surface area contributed by atoms with Crippen molar-refractivity contribution >= 4 is 0 Å². The van der Waals surface area contributed by atoms with Crippen LogP contribution in [0.15, 0.2) is 18.3 Å². The van der Waals surface area contributed by atoms with E-state index < -0.39 is 0 Å². The zero-order chi connectivity index (χ0) is 14.0. The van der Waals surface area contributed by atoms with Crippen LogP contribution in [-0.4, -0.2) is 30.4 Å². The molecule has 3 heterocycles. The Labute approximate surface area is 118 Å². The maximum atomic E-state index is 12.9. The van der Waals surface area contributed by atoms with E-state index in [0.717, 1.165) is 51.2 Å². The van der Waals surface area contributed by atoms with Crippen LogP contribution in [0.2, 0.25) is 0 Å². The fourth-order valence-corrected chi connectivity index (χ4v) is 3.29. The zero-order valence-corrected chi connectivity index (χ0v) is 11.6. The second-order valence-electron chi connectivity index (χ2n) is 5.82. The summed E-state index contributed by atoms with van der Waals surface area (Å²) < 4.78 is 24.4. The van der Waals surface area contributed by atoms with Crippen molar-refractivity contribution in [1.82, 2.24) is 4.98 Å². The molecule has 2 aliphatic heterocycles.